The van der Waals surface area contributed by atoms with E-state index in [9.17, 15) is 116 Å². The van der Waals surface area contributed by atoms with E-state index in [1.807, 2.05) is 12.1 Å². The van der Waals surface area contributed by atoms with Crippen molar-refractivity contribution in [1.82, 2.24) is 9.13 Å². The van der Waals surface area contributed by atoms with Gasteiger partial charge in [0.15, 0.2) is 0 Å². The third-order valence-corrected chi connectivity index (χ3v) is 16.2. The molecule has 4 nitrogen and oxygen atoms in total. The molecule has 0 fully saturated rings. The van der Waals surface area contributed by atoms with E-state index in [-0.39, 0.29) is 118 Å². The summed E-state index contributed by atoms with van der Waals surface area (Å²) in [7, 11) is 0. The van der Waals surface area contributed by atoms with E-state index in [2.05, 4.69) is 0 Å². The van der Waals surface area contributed by atoms with Crippen LogP contribution in [0, 0.1) is 22.7 Å². The number of nitriles is 2. The quantitative estimate of drug-likeness (QED) is 0.149. The predicted octanol–water partition coefficient (Wildman–Crippen LogP) is 24.1. The minimum absolute atomic E-state index is 0.0287. The molecule has 0 unspecified atom stereocenters. The average molecular weight is 1380 g/mol. The molecule has 0 aliphatic carbocycles. The lowest BCUT2D eigenvalue weighted by molar-refractivity contribution is -0.144. The fourth-order valence-corrected chi connectivity index (χ4v) is 11.8. The van der Waals surface area contributed by atoms with Gasteiger partial charge in [0.2, 0.25) is 0 Å². The van der Waals surface area contributed by atoms with Crippen LogP contribution in [0.25, 0.3) is 111 Å². The maximum Gasteiger partial charge on any atom is 0.416 e. The molecule has 28 heteroatoms. The highest BCUT2D eigenvalue weighted by molar-refractivity contribution is 6.14. The van der Waals surface area contributed by atoms with Gasteiger partial charge in [-0.3, -0.25) is 0 Å². The number of aromatic nitrogens is 2. The SMILES string of the molecule is N#Cc1cccc(-c2cc(-n3c4ccc(-c5cc(C(F)(F)F)cc(C(F)(F)F)c5)cc4c4cc(-c5cc(C(F)(F)F)cc(C(F)(F)F)c5)ccc43)c(C#N)cc2-n2c3ccc(-c4cc(C(F)(F)F)cc(C(F)(F)F)c4)cc3c3cc(-c4cc(C(F)(F)F)cc(C(F)(F)F)c4)ccc32)c1. The van der Waals surface area contributed by atoms with Crippen LogP contribution in [-0.2, 0) is 49.4 Å². The summed E-state index contributed by atoms with van der Waals surface area (Å²) in [6.07, 6.45) is -42.9. The molecule has 498 valence electrons. The second-order valence-corrected chi connectivity index (χ2v) is 22.5. The zero-order valence-corrected chi connectivity index (χ0v) is 48.2. The molecule has 0 saturated heterocycles. The molecule has 2 aromatic heterocycles. The van der Waals surface area contributed by atoms with Gasteiger partial charge in [0, 0.05) is 27.1 Å². The maximum absolute atomic E-state index is 14.3. The van der Waals surface area contributed by atoms with E-state index in [1.165, 1.54) is 69.8 Å². The Hall–Kier alpha value is -10.9. The number of halogens is 24. The summed E-state index contributed by atoms with van der Waals surface area (Å²) in [5, 5.41) is 20.9. The van der Waals surface area contributed by atoms with Gasteiger partial charge in [0.25, 0.3) is 0 Å². The summed E-state index contributed by atoms with van der Waals surface area (Å²) in [6.45, 7) is 0. The monoisotopic (exact) mass is 1380 g/mol. The highest BCUT2D eigenvalue weighted by atomic mass is 19.4. The fourth-order valence-electron chi connectivity index (χ4n) is 11.8. The molecule has 0 aliphatic rings. The molecule has 0 radical (unpaired) electrons. The lowest BCUT2D eigenvalue weighted by atomic mass is 9.96. The molecule has 0 spiro atoms. The number of hydrogen-bond acceptors (Lipinski definition) is 2. The van der Waals surface area contributed by atoms with Crippen LogP contribution < -0.4 is 0 Å². The third-order valence-electron chi connectivity index (χ3n) is 16.2. The Morgan fingerprint density at radius 2 is 0.500 bits per heavy atom. The van der Waals surface area contributed by atoms with Gasteiger partial charge < -0.3 is 9.13 Å². The molecular formula is C70H30F24N4. The Bertz CT molecular complexity index is 4970. The molecule has 2 heterocycles. The van der Waals surface area contributed by atoms with E-state index in [0.29, 0.717) is 48.5 Å². The number of hydrogen-bond donors (Lipinski definition) is 0. The maximum atomic E-state index is 14.3. The number of nitrogens with zero attached hydrogens (tertiary/aromatic N) is 4. The van der Waals surface area contributed by atoms with Crippen molar-refractivity contribution in [3.05, 3.63) is 238 Å². The molecule has 0 saturated carbocycles. The average Bonchev–Trinajstić information content (AvgIpc) is 1.43. The van der Waals surface area contributed by atoms with Crippen LogP contribution in [0.15, 0.2) is 182 Å². The number of alkyl halides is 24. The standard InChI is InChI=1S/C70H30F24N4/c71-63(72,73)44-13-39(14-45(26-44)64(74,75)76)34-4-8-57-53(21-34)54-22-35(40-15-46(65(77,78)79)27-47(16-40)66(80,81)82)5-9-58(54)97(57)61-30-52(38-3-1-2-33(12-38)31-95)62(25-43(61)32-96)98-59-10-6-36(41-17-48(67(83,84)85)28-49(18-41)68(86,87)88)23-55(59)56-24-37(7-11-60(56)98)42-19-50(69(89,90)91)29-51(20-42)70(92,93)94/h1-30H. The Morgan fingerprint density at radius 3 is 0.745 bits per heavy atom. The normalized spacial score (nSPS) is 13.1. The van der Waals surface area contributed by atoms with Crippen molar-refractivity contribution in [2.75, 3.05) is 0 Å². The van der Waals surface area contributed by atoms with Crippen molar-refractivity contribution < 1.29 is 105 Å². The van der Waals surface area contributed by atoms with Crippen molar-refractivity contribution in [1.29, 1.82) is 10.5 Å². The van der Waals surface area contributed by atoms with E-state index in [4.69, 9.17) is 0 Å². The van der Waals surface area contributed by atoms with E-state index in [1.54, 1.807) is 0 Å². The van der Waals surface area contributed by atoms with Gasteiger partial charge >= 0.3 is 49.4 Å². The summed E-state index contributed by atoms with van der Waals surface area (Å²) in [6, 6.07) is 27.8. The topological polar surface area (TPSA) is 57.4 Å². The minimum Gasteiger partial charge on any atom is -0.309 e. The molecule has 12 rings (SSSR count). The Kier molecular flexibility index (Phi) is 15.7. The molecular weight excluding hydrogens is 1350 g/mol. The number of benzene rings is 10. The van der Waals surface area contributed by atoms with Crippen LogP contribution in [-0.4, -0.2) is 9.13 Å². The highest BCUT2D eigenvalue weighted by Crippen LogP contribution is 2.49. The lowest BCUT2D eigenvalue weighted by Gasteiger charge is -2.19. The summed E-state index contributed by atoms with van der Waals surface area (Å²) < 4.78 is 346. The second kappa shape index (κ2) is 22.9. The lowest BCUT2D eigenvalue weighted by Crippen LogP contribution is -2.11. The Balaban J connectivity index is 1.18. The van der Waals surface area contributed by atoms with Crippen LogP contribution >= 0.6 is 0 Å². The molecule has 0 amide bonds. The van der Waals surface area contributed by atoms with Crippen molar-refractivity contribution in [2.24, 2.45) is 0 Å². The number of fused-ring (bicyclic) bond motifs is 6. The van der Waals surface area contributed by atoms with Crippen molar-refractivity contribution in [2.45, 2.75) is 49.4 Å². The van der Waals surface area contributed by atoms with Crippen LogP contribution in [0.3, 0.4) is 0 Å². The highest BCUT2D eigenvalue weighted by Gasteiger charge is 2.42. The van der Waals surface area contributed by atoms with Crippen molar-refractivity contribution >= 4 is 43.6 Å². The van der Waals surface area contributed by atoms with E-state index in [0.717, 1.165) is 48.5 Å². The Labute approximate surface area is 533 Å². The summed E-state index contributed by atoms with van der Waals surface area (Å²) in [4.78, 5) is 0. The van der Waals surface area contributed by atoms with Crippen molar-refractivity contribution in [3.63, 3.8) is 0 Å². The van der Waals surface area contributed by atoms with Crippen LogP contribution in [0.2, 0.25) is 0 Å². The molecule has 0 aliphatic heterocycles. The zero-order chi connectivity index (χ0) is 71.1. The first-order valence-corrected chi connectivity index (χ1v) is 27.9. The first-order chi connectivity index (χ1) is 45.5. The fraction of sp³-hybridized carbons (Fsp3) is 0.114. The van der Waals surface area contributed by atoms with Crippen LogP contribution in [0.1, 0.15) is 55.6 Å². The van der Waals surface area contributed by atoms with Gasteiger partial charge in [0.1, 0.15) is 6.07 Å². The third kappa shape index (κ3) is 12.5. The van der Waals surface area contributed by atoms with Gasteiger partial charge in [-0.1, -0.05) is 36.4 Å². The molecule has 10 aromatic carbocycles. The second-order valence-electron chi connectivity index (χ2n) is 22.5. The van der Waals surface area contributed by atoms with Crippen molar-refractivity contribution in [3.8, 4) is 79.1 Å². The van der Waals surface area contributed by atoms with E-state index < -0.39 is 122 Å². The van der Waals surface area contributed by atoms with Crippen LogP contribution in [0.5, 0.6) is 0 Å². The Morgan fingerprint density at radius 1 is 0.235 bits per heavy atom. The number of rotatable bonds is 7. The molecule has 98 heavy (non-hydrogen) atoms. The van der Waals surface area contributed by atoms with E-state index >= 15 is 0 Å². The van der Waals surface area contributed by atoms with Gasteiger partial charge in [-0.15, -0.1) is 0 Å². The summed E-state index contributed by atoms with van der Waals surface area (Å²) in [5.41, 5.74) is -19.2. The first-order valence-electron chi connectivity index (χ1n) is 27.9. The molecule has 0 N–H and O–H groups in total. The largest absolute Gasteiger partial charge is 0.416 e. The summed E-state index contributed by atoms with van der Waals surface area (Å²) >= 11 is 0. The predicted molar refractivity (Wildman–Crippen MR) is 312 cm³/mol. The van der Waals surface area contributed by atoms with Gasteiger partial charge in [-0.2, -0.15) is 116 Å². The zero-order valence-electron chi connectivity index (χ0n) is 48.2. The van der Waals surface area contributed by atoms with Crippen LogP contribution in [0.4, 0.5) is 105 Å². The van der Waals surface area contributed by atoms with Gasteiger partial charge in [0.05, 0.1) is 95.1 Å². The molecule has 0 atom stereocenters. The van der Waals surface area contributed by atoms with Gasteiger partial charge in [-0.05, 0) is 196 Å². The first kappa shape index (κ1) is 67.1. The summed E-state index contributed by atoms with van der Waals surface area (Å²) in [5.74, 6) is 0. The minimum atomic E-state index is -5.37. The molecule has 0 bridgehead atoms. The molecule has 12 aromatic rings. The van der Waals surface area contributed by atoms with Gasteiger partial charge in [-0.25, -0.2) is 0 Å². The smallest absolute Gasteiger partial charge is 0.309 e.